The normalized spacial score (nSPS) is 18.1. The van der Waals surface area contributed by atoms with Gasteiger partial charge in [0.05, 0.1) is 19.8 Å². The summed E-state index contributed by atoms with van der Waals surface area (Å²) >= 11 is 0. The minimum absolute atomic E-state index is 0.0950. The summed E-state index contributed by atoms with van der Waals surface area (Å²) in [6, 6.07) is 0. The smallest absolute Gasteiger partial charge is 0.306 e. The molecule has 1 N–H and O–H groups in total. The second-order valence-electron chi connectivity index (χ2n) is 10.1. The third-order valence-corrected chi connectivity index (χ3v) is 7.09. The lowest BCUT2D eigenvalue weighted by atomic mass is 10.0. The van der Waals surface area contributed by atoms with Crippen LogP contribution in [0.15, 0.2) is 0 Å². The molecule has 2 aliphatic rings. The van der Waals surface area contributed by atoms with Crippen LogP contribution in [-0.4, -0.2) is 68.8 Å². The zero-order valence-electron chi connectivity index (χ0n) is 21.4. The molecule has 6 heteroatoms. The monoisotopic (exact) mass is 467 g/mol. The second kappa shape index (κ2) is 18.2. The summed E-state index contributed by atoms with van der Waals surface area (Å²) < 4.78 is 11.3. The lowest BCUT2D eigenvalue weighted by Crippen LogP contribution is -3.15. The SMILES string of the molecule is CCCCCCCCCCCCCCCC(=O)O[C@H](CN1CCCC1=O)C[NH+]1CCOCC1. The average Bonchev–Trinajstić information content (AvgIpc) is 3.21. The molecule has 0 saturated carbocycles. The van der Waals surface area contributed by atoms with Crippen molar-refractivity contribution in [3.63, 3.8) is 0 Å². The molecule has 1 atom stereocenters. The van der Waals surface area contributed by atoms with Gasteiger partial charge in [-0.25, -0.2) is 0 Å². The highest BCUT2D eigenvalue weighted by Gasteiger charge is 2.29. The number of hydrogen-bond acceptors (Lipinski definition) is 4. The van der Waals surface area contributed by atoms with Crippen molar-refractivity contribution >= 4 is 11.9 Å². The van der Waals surface area contributed by atoms with Gasteiger partial charge in [-0.05, 0) is 12.8 Å². The van der Waals surface area contributed by atoms with E-state index in [-0.39, 0.29) is 18.0 Å². The first kappa shape index (κ1) is 28.1. The Morgan fingerprint density at radius 1 is 0.939 bits per heavy atom. The molecule has 2 fully saturated rings. The maximum Gasteiger partial charge on any atom is 0.306 e. The number of rotatable bonds is 19. The van der Waals surface area contributed by atoms with Gasteiger partial charge < -0.3 is 19.3 Å². The summed E-state index contributed by atoms with van der Waals surface area (Å²) in [7, 11) is 0. The van der Waals surface area contributed by atoms with E-state index in [9.17, 15) is 9.59 Å². The van der Waals surface area contributed by atoms with Crippen LogP contribution in [0.5, 0.6) is 0 Å². The van der Waals surface area contributed by atoms with E-state index in [1.165, 1.54) is 75.5 Å². The van der Waals surface area contributed by atoms with Gasteiger partial charge in [0.25, 0.3) is 0 Å². The molecule has 2 saturated heterocycles. The first-order valence-electron chi connectivity index (χ1n) is 14.1. The van der Waals surface area contributed by atoms with Gasteiger partial charge in [-0.2, -0.15) is 0 Å². The Balaban J connectivity index is 1.52. The third-order valence-electron chi connectivity index (χ3n) is 7.09. The van der Waals surface area contributed by atoms with E-state index in [1.54, 1.807) is 0 Å². The standard InChI is InChI=1S/C27H50N2O4/c1-2-3-4-5-6-7-8-9-10-11-12-13-14-17-27(31)33-25(23-28-19-21-32-22-20-28)24-29-18-15-16-26(29)30/h25H,2-24H2,1H3/p+1/t25-/m0/s1. The number of unbranched alkanes of at least 4 members (excludes halogenated alkanes) is 12. The number of amides is 1. The molecule has 192 valence electrons. The number of hydrogen-bond donors (Lipinski definition) is 1. The van der Waals surface area contributed by atoms with Gasteiger partial charge in [-0.1, -0.05) is 84.0 Å². The van der Waals surface area contributed by atoms with Crippen LogP contribution in [-0.2, 0) is 19.1 Å². The highest BCUT2D eigenvalue weighted by molar-refractivity contribution is 5.78. The van der Waals surface area contributed by atoms with Gasteiger partial charge in [0.1, 0.15) is 19.6 Å². The average molecular weight is 468 g/mol. The molecule has 0 aromatic heterocycles. The maximum absolute atomic E-state index is 12.5. The minimum Gasteiger partial charge on any atom is -0.454 e. The first-order valence-corrected chi connectivity index (χ1v) is 14.1. The molecule has 1 amide bonds. The molecule has 0 aromatic rings. The Labute approximate surface area is 202 Å². The van der Waals surface area contributed by atoms with E-state index in [0.29, 0.717) is 19.4 Å². The van der Waals surface area contributed by atoms with Crippen LogP contribution in [0.4, 0.5) is 0 Å². The maximum atomic E-state index is 12.5. The van der Waals surface area contributed by atoms with Crippen molar-refractivity contribution in [1.29, 1.82) is 0 Å². The Hall–Kier alpha value is -1.14. The molecule has 0 radical (unpaired) electrons. The van der Waals surface area contributed by atoms with E-state index in [2.05, 4.69) is 6.92 Å². The van der Waals surface area contributed by atoms with Crippen molar-refractivity contribution in [2.45, 2.75) is 116 Å². The van der Waals surface area contributed by atoms with Crippen molar-refractivity contribution in [2.24, 2.45) is 0 Å². The van der Waals surface area contributed by atoms with Crippen LogP contribution >= 0.6 is 0 Å². The molecule has 0 spiro atoms. The van der Waals surface area contributed by atoms with Crippen molar-refractivity contribution in [3.05, 3.63) is 0 Å². The molecule has 0 bridgehead atoms. The van der Waals surface area contributed by atoms with Crippen LogP contribution in [0, 0.1) is 0 Å². The topological polar surface area (TPSA) is 60.3 Å². The fraction of sp³-hybridized carbons (Fsp3) is 0.926. The van der Waals surface area contributed by atoms with Crippen molar-refractivity contribution < 1.29 is 24.0 Å². The van der Waals surface area contributed by atoms with E-state index in [4.69, 9.17) is 9.47 Å². The summed E-state index contributed by atoms with van der Waals surface area (Å²) in [4.78, 5) is 27.8. The fourth-order valence-corrected chi connectivity index (χ4v) is 5.00. The Kier molecular flexibility index (Phi) is 15.5. The minimum atomic E-state index is -0.199. The molecule has 33 heavy (non-hydrogen) atoms. The molecule has 2 aliphatic heterocycles. The summed E-state index contributed by atoms with van der Waals surface area (Å²) in [5, 5.41) is 0. The number of quaternary nitrogens is 1. The number of ether oxygens (including phenoxy) is 2. The Morgan fingerprint density at radius 3 is 2.06 bits per heavy atom. The van der Waals surface area contributed by atoms with Crippen LogP contribution < -0.4 is 4.90 Å². The molecule has 2 rings (SSSR count). The number of carbonyl (C=O) groups is 2. The van der Waals surface area contributed by atoms with Crippen LogP contribution in [0.1, 0.15) is 110 Å². The van der Waals surface area contributed by atoms with E-state index >= 15 is 0 Å². The summed E-state index contributed by atoms with van der Waals surface area (Å²) in [5.41, 5.74) is 0. The largest absolute Gasteiger partial charge is 0.454 e. The van der Waals surface area contributed by atoms with Gasteiger partial charge in [0.15, 0.2) is 6.10 Å². The highest BCUT2D eigenvalue weighted by Crippen LogP contribution is 2.14. The number of carbonyl (C=O) groups excluding carboxylic acids is 2. The lowest BCUT2D eigenvalue weighted by molar-refractivity contribution is -0.910. The number of likely N-dealkylation sites (tertiary alicyclic amines) is 1. The zero-order valence-corrected chi connectivity index (χ0v) is 21.4. The van der Waals surface area contributed by atoms with Crippen molar-refractivity contribution in [3.8, 4) is 0 Å². The molecule has 0 aliphatic carbocycles. The van der Waals surface area contributed by atoms with Crippen LogP contribution in [0.3, 0.4) is 0 Å². The van der Waals surface area contributed by atoms with Gasteiger partial charge in [-0.15, -0.1) is 0 Å². The predicted molar refractivity (Wildman–Crippen MR) is 132 cm³/mol. The van der Waals surface area contributed by atoms with E-state index in [0.717, 1.165) is 58.7 Å². The Bertz CT molecular complexity index is 522. The summed E-state index contributed by atoms with van der Waals surface area (Å²) in [6.45, 7) is 7.80. The molecule has 2 heterocycles. The zero-order chi connectivity index (χ0) is 23.6. The van der Waals surface area contributed by atoms with Crippen molar-refractivity contribution in [2.75, 3.05) is 45.9 Å². The highest BCUT2D eigenvalue weighted by atomic mass is 16.5. The van der Waals surface area contributed by atoms with Gasteiger partial charge in [-0.3, -0.25) is 9.59 Å². The second-order valence-corrected chi connectivity index (χ2v) is 10.1. The first-order chi connectivity index (χ1) is 16.2. The molecule has 0 aromatic carbocycles. The van der Waals surface area contributed by atoms with Crippen LogP contribution in [0.25, 0.3) is 0 Å². The quantitative estimate of drug-likeness (QED) is 0.231. The summed E-state index contributed by atoms with van der Waals surface area (Å²) in [5.74, 6) is 0.104. The van der Waals surface area contributed by atoms with E-state index < -0.39 is 0 Å². The number of morpholine rings is 1. The number of nitrogens with zero attached hydrogens (tertiary/aromatic N) is 1. The lowest BCUT2D eigenvalue weighted by Gasteiger charge is -2.29. The fourth-order valence-electron chi connectivity index (χ4n) is 5.00. The van der Waals surface area contributed by atoms with Gasteiger partial charge >= 0.3 is 5.97 Å². The molecular weight excluding hydrogens is 416 g/mol. The predicted octanol–water partition coefficient (Wildman–Crippen LogP) is 3.92. The molecule has 0 unspecified atom stereocenters. The van der Waals surface area contributed by atoms with Crippen molar-refractivity contribution in [1.82, 2.24) is 4.90 Å². The van der Waals surface area contributed by atoms with Gasteiger partial charge in [0, 0.05) is 19.4 Å². The summed E-state index contributed by atoms with van der Waals surface area (Å²) in [6.07, 6.45) is 18.8. The van der Waals surface area contributed by atoms with E-state index in [1.807, 2.05) is 4.90 Å². The van der Waals surface area contributed by atoms with Crippen LogP contribution in [0.2, 0.25) is 0 Å². The number of esters is 1. The third kappa shape index (κ3) is 13.4. The Morgan fingerprint density at radius 2 is 1.52 bits per heavy atom. The molecule has 6 nitrogen and oxygen atoms in total. The number of nitrogens with one attached hydrogen (secondary N) is 1. The van der Waals surface area contributed by atoms with Gasteiger partial charge in [0.2, 0.25) is 5.91 Å². The molecular formula is C27H51N2O4+.